The highest BCUT2D eigenvalue weighted by atomic mass is 32.2. The van der Waals surface area contributed by atoms with Crippen molar-refractivity contribution in [2.75, 3.05) is 33.8 Å². The van der Waals surface area contributed by atoms with Crippen molar-refractivity contribution in [2.24, 2.45) is 0 Å². The predicted molar refractivity (Wildman–Crippen MR) is 67.4 cm³/mol. The van der Waals surface area contributed by atoms with Gasteiger partial charge in [0, 0.05) is 33.2 Å². The molecule has 1 saturated heterocycles. The van der Waals surface area contributed by atoms with E-state index in [9.17, 15) is 13.2 Å². The Balaban J connectivity index is 2.43. The molecule has 1 rings (SSSR count). The third-order valence-corrected chi connectivity index (χ3v) is 4.41. The smallest absolute Gasteiger partial charge is 0.409 e. The van der Waals surface area contributed by atoms with Gasteiger partial charge in [-0.2, -0.15) is 17.4 Å². The Kier molecular flexibility index (Phi) is 5.36. The van der Waals surface area contributed by atoms with E-state index in [-0.39, 0.29) is 12.1 Å². The number of nitrogens with one attached hydrogen (secondary N) is 1. The number of piperidine rings is 1. The number of likely N-dealkylation sites (tertiary alicyclic amines) is 1. The van der Waals surface area contributed by atoms with Gasteiger partial charge in [0.2, 0.25) is 0 Å². The number of carbonyl (C=O) groups excluding carboxylic acids is 1. The van der Waals surface area contributed by atoms with Crippen molar-refractivity contribution in [3.05, 3.63) is 0 Å². The molecule has 1 heterocycles. The molecule has 0 aliphatic carbocycles. The molecule has 0 spiro atoms. The molecule has 0 aromatic rings. The third kappa shape index (κ3) is 4.11. The molecule has 1 fully saturated rings. The van der Waals surface area contributed by atoms with Crippen molar-refractivity contribution in [2.45, 2.75) is 25.8 Å². The van der Waals surface area contributed by atoms with Gasteiger partial charge in [-0.15, -0.1) is 0 Å². The van der Waals surface area contributed by atoms with E-state index in [1.807, 2.05) is 0 Å². The highest BCUT2D eigenvalue weighted by Gasteiger charge is 2.27. The van der Waals surface area contributed by atoms with Gasteiger partial charge in [-0.05, 0) is 19.8 Å². The van der Waals surface area contributed by atoms with Gasteiger partial charge >= 0.3 is 6.09 Å². The van der Waals surface area contributed by atoms with Crippen LogP contribution in [0.25, 0.3) is 0 Å². The SMILES string of the molecule is CCOC(=O)N1CCC(NS(=O)(=O)N(C)C)CC1. The molecule has 7 nitrogen and oxygen atoms in total. The first-order chi connectivity index (χ1) is 8.36. The zero-order valence-corrected chi connectivity index (χ0v) is 11.9. The lowest BCUT2D eigenvalue weighted by molar-refractivity contribution is 0.0965. The van der Waals surface area contributed by atoms with E-state index >= 15 is 0 Å². The van der Waals surface area contributed by atoms with Crippen LogP contribution < -0.4 is 4.72 Å². The highest BCUT2D eigenvalue weighted by Crippen LogP contribution is 2.12. The number of hydrogen-bond donors (Lipinski definition) is 1. The van der Waals surface area contributed by atoms with Crippen LogP contribution in [-0.2, 0) is 14.9 Å². The second-order valence-electron chi connectivity index (χ2n) is 4.37. The van der Waals surface area contributed by atoms with Gasteiger partial charge in [0.25, 0.3) is 10.2 Å². The van der Waals surface area contributed by atoms with Crippen LogP contribution >= 0.6 is 0 Å². The molecule has 8 heteroatoms. The van der Waals surface area contributed by atoms with E-state index in [4.69, 9.17) is 4.74 Å². The minimum Gasteiger partial charge on any atom is -0.450 e. The van der Waals surface area contributed by atoms with Crippen molar-refractivity contribution in [1.82, 2.24) is 13.9 Å². The van der Waals surface area contributed by atoms with Crippen LogP contribution in [0.5, 0.6) is 0 Å². The highest BCUT2D eigenvalue weighted by molar-refractivity contribution is 7.87. The lowest BCUT2D eigenvalue weighted by atomic mass is 10.1. The average Bonchev–Trinajstić information content (AvgIpc) is 2.29. The first kappa shape index (κ1) is 15.2. The molecule has 1 amide bonds. The molecular weight excluding hydrogens is 258 g/mol. The molecule has 0 aromatic carbocycles. The summed E-state index contributed by atoms with van der Waals surface area (Å²) in [4.78, 5) is 13.1. The fourth-order valence-corrected chi connectivity index (χ4v) is 2.58. The van der Waals surface area contributed by atoms with Crippen molar-refractivity contribution in [3.8, 4) is 0 Å². The fraction of sp³-hybridized carbons (Fsp3) is 0.900. The van der Waals surface area contributed by atoms with E-state index in [1.165, 1.54) is 14.1 Å². The van der Waals surface area contributed by atoms with E-state index in [2.05, 4.69) is 4.72 Å². The minimum atomic E-state index is -3.40. The average molecular weight is 279 g/mol. The number of rotatable bonds is 4. The summed E-state index contributed by atoms with van der Waals surface area (Å²) in [6, 6.07) is -0.122. The van der Waals surface area contributed by atoms with Crippen molar-refractivity contribution >= 4 is 16.3 Å². The number of nitrogens with zero attached hydrogens (tertiary/aromatic N) is 2. The molecule has 0 bridgehead atoms. The Hall–Kier alpha value is -0.860. The maximum Gasteiger partial charge on any atom is 0.409 e. The first-order valence-corrected chi connectivity index (χ1v) is 7.42. The number of amides is 1. The molecular formula is C10H21N3O4S. The molecule has 0 unspecified atom stereocenters. The predicted octanol–water partition coefficient (Wildman–Crippen LogP) is 0.00330. The Morgan fingerprint density at radius 3 is 2.39 bits per heavy atom. The van der Waals surface area contributed by atoms with Gasteiger partial charge in [0.1, 0.15) is 0 Å². The van der Waals surface area contributed by atoms with Crippen molar-refractivity contribution < 1.29 is 17.9 Å². The Bertz CT molecular complexity index is 375. The number of ether oxygens (including phenoxy) is 1. The molecule has 1 aliphatic rings. The van der Waals surface area contributed by atoms with Crippen LogP contribution in [0.3, 0.4) is 0 Å². The van der Waals surface area contributed by atoms with Gasteiger partial charge in [-0.3, -0.25) is 0 Å². The maximum atomic E-state index is 11.6. The molecule has 18 heavy (non-hydrogen) atoms. The van der Waals surface area contributed by atoms with Gasteiger partial charge in [-0.1, -0.05) is 0 Å². The topological polar surface area (TPSA) is 79.0 Å². The van der Waals surface area contributed by atoms with Gasteiger partial charge in [-0.25, -0.2) is 4.79 Å². The summed E-state index contributed by atoms with van der Waals surface area (Å²) in [6.45, 7) is 3.14. The van der Waals surface area contributed by atoms with Crippen LogP contribution in [0.2, 0.25) is 0 Å². The molecule has 1 aliphatic heterocycles. The molecule has 0 saturated carbocycles. The normalized spacial score (nSPS) is 18.1. The largest absolute Gasteiger partial charge is 0.450 e. The van der Waals surface area contributed by atoms with E-state index in [0.29, 0.717) is 32.5 Å². The zero-order chi connectivity index (χ0) is 13.8. The second-order valence-corrected chi connectivity index (χ2v) is 6.28. The second kappa shape index (κ2) is 6.35. The summed E-state index contributed by atoms with van der Waals surface area (Å²) >= 11 is 0. The summed E-state index contributed by atoms with van der Waals surface area (Å²) in [7, 11) is -0.433. The maximum absolute atomic E-state index is 11.6. The zero-order valence-electron chi connectivity index (χ0n) is 11.0. The summed E-state index contributed by atoms with van der Waals surface area (Å²) in [5.41, 5.74) is 0. The summed E-state index contributed by atoms with van der Waals surface area (Å²) in [5.74, 6) is 0. The van der Waals surface area contributed by atoms with Crippen LogP contribution in [-0.4, -0.2) is 63.5 Å². The standard InChI is InChI=1S/C10H21N3O4S/c1-4-17-10(14)13-7-5-9(6-8-13)11-18(15,16)12(2)3/h9,11H,4-8H2,1-3H3. The quantitative estimate of drug-likeness (QED) is 0.786. The first-order valence-electron chi connectivity index (χ1n) is 5.98. The van der Waals surface area contributed by atoms with Gasteiger partial charge < -0.3 is 9.64 Å². The van der Waals surface area contributed by atoms with Crippen LogP contribution in [0.1, 0.15) is 19.8 Å². The van der Waals surface area contributed by atoms with Crippen LogP contribution in [0.15, 0.2) is 0 Å². The fourth-order valence-electron chi connectivity index (χ4n) is 1.71. The summed E-state index contributed by atoms with van der Waals surface area (Å²) in [5, 5.41) is 0. The monoisotopic (exact) mass is 279 g/mol. The Labute approximate surface area is 108 Å². The van der Waals surface area contributed by atoms with Gasteiger partial charge in [0.15, 0.2) is 0 Å². The number of carbonyl (C=O) groups is 1. The van der Waals surface area contributed by atoms with Crippen LogP contribution in [0.4, 0.5) is 4.79 Å². The summed E-state index contributed by atoms with van der Waals surface area (Å²) < 4.78 is 31.9. The van der Waals surface area contributed by atoms with E-state index in [1.54, 1.807) is 11.8 Å². The lowest BCUT2D eigenvalue weighted by Crippen LogP contribution is -2.49. The number of hydrogen-bond acceptors (Lipinski definition) is 4. The molecule has 0 atom stereocenters. The van der Waals surface area contributed by atoms with E-state index in [0.717, 1.165) is 4.31 Å². The molecule has 0 aromatic heterocycles. The van der Waals surface area contributed by atoms with E-state index < -0.39 is 10.2 Å². The molecule has 106 valence electrons. The lowest BCUT2D eigenvalue weighted by Gasteiger charge is -2.31. The molecule has 0 radical (unpaired) electrons. The Morgan fingerprint density at radius 1 is 1.39 bits per heavy atom. The van der Waals surface area contributed by atoms with Gasteiger partial charge in [0.05, 0.1) is 6.61 Å². The van der Waals surface area contributed by atoms with Crippen molar-refractivity contribution in [3.63, 3.8) is 0 Å². The third-order valence-electron chi connectivity index (χ3n) is 2.82. The van der Waals surface area contributed by atoms with Crippen LogP contribution in [0, 0.1) is 0 Å². The minimum absolute atomic E-state index is 0.122. The summed E-state index contributed by atoms with van der Waals surface area (Å²) in [6.07, 6.45) is 0.879. The Morgan fingerprint density at radius 2 is 1.94 bits per heavy atom. The van der Waals surface area contributed by atoms with Crippen molar-refractivity contribution in [1.29, 1.82) is 0 Å². The molecule has 1 N–H and O–H groups in total.